The number of carbonyl (C=O) groups is 1. The number of hydrogen-bond acceptors (Lipinski definition) is 8. The van der Waals surface area contributed by atoms with Gasteiger partial charge in [0, 0.05) is 17.0 Å². The van der Waals surface area contributed by atoms with Gasteiger partial charge in [0.05, 0.1) is 24.8 Å². The molecule has 1 aromatic heterocycles. The molecule has 0 aliphatic carbocycles. The minimum atomic E-state index is -0.610. The summed E-state index contributed by atoms with van der Waals surface area (Å²) in [5, 5.41) is 8.76. The highest BCUT2D eigenvalue weighted by molar-refractivity contribution is 7.99. The number of fused-ring (bicyclic) bond motifs is 1. The molecule has 1 N–H and O–H groups in total. The number of ether oxygens (including phenoxy) is 3. The highest BCUT2D eigenvalue weighted by atomic mass is 35.5. The van der Waals surface area contributed by atoms with E-state index >= 15 is 0 Å². The summed E-state index contributed by atoms with van der Waals surface area (Å²) in [6.45, 7) is 3.85. The van der Waals surface area contributed by atoms with Crippen molar-refractivity contribution in [3.8, 4) is 11.5 Å². The molecule has 37 heavy (non-hydrogen) atoms. The number of methoxy groups -OCH3 is 2. The summed E-state index contributed by atoms with van der Waals surface area (Å²) in [6, 6.07) is 9.14. The molecule has 4 rings (SSSR count). The zero-order valence-electron chi connectivity index (χ0n) is 21.0. The van der Waals surface area contributed by atoms with Gasteiger partial charge in [-0.3, -0.25) is 0 Å². The molecule has 8 nitrogen and oxygen atoms in total. The summed E-state index contributed by atoms with van der Waals surface area (Å²) >= 11 is 7.70. The van der Waals surface area contributed by atoms with Crippen molar-refractivity contribution in [2.24, 2.45) is 0 Å². The highest BCUT2D eigenvalue weighted by Crippen LogP contribution is 2.40. The van der Waals surface area contributed by atoms with Crippen LogP contribution in [0.5, 0.6) is 11.5 Å². The molecule has 0 radical (unpaired) electrons. The van der Waals surface area contributed by atoms with E-state index in [1.54, 1.807) is 41.6 Å². The van der Waals surface area contributed by atoms with E-state index in [1.807, 2.05) is 6.07 Å². The lowest BCUT2D eigenvalue weighted by atomic mass is 9.95. The van der Waals surface area contributed by atoms with Gasteiger partial charge in [0.15, 0.2) is 11.5 Å². The Morgan fingerprint density at radius 3 is 2.76 bits per heavy atom. The predicted molar refractivity (Wildman–Crippen MR) is 141 cm³/mol. The summed E-state index contributed by atoms with van der Waals surface area (Å²) in [4.78, 5) is 17.5. The molecule has 0 spiro atoms. The molecule has 1 aliphatic heterocycles. The summed E-state index contributed by atoms with van der Waals surface area (Å²) in [7, 11) is 2.85. The van der Waals surface area contributed by atoms with Crippen LogP contribution in [0.15, 0.2) is 52.8 Å². The van der Waals surface area contributed by atoms with Crippen molar-refractivity contribution in [2.75, 3.05) is 25.3 Å². The fraction of sp³-hybridized carbons (Fsp3) is 0.346. The third-order valence-corrected chi connectivity index (χ3v) is 7.18. The molecule has 0 saturated heterocycles. The molecule has 3 aromatic rings. The number of nitrogens with zero attached hydrogens (tertiary/aromatic N) is 3. The number of unbranched alkanes of at least 4 members (excludes halogenated alkanes) is 1. The summed E-state index contributed by atoms with van der Waals surface area (Å²) < 4.78 is 32.4. The van der Waals surface area contributed by atoms with Crippen molar-refractivity contribution in [3.05, 3.63) is 69.6 Å². The zero-order chi connectivity index (χ0) is 26.5. The van der Waals surface area contributed by atoms with Gasteiger partial charge in [-0.25, -0.2) is 13.9 Å². The number of halogens is 2. The lowest BCUT2D eigenvalue weighted by molar-refractivity contribution is -0.136. The lowest BCUT2D eigenvalue weighted by Crippen LogP contribution is -2.29. The minimum absolute atomic E-state index is 0.0768. The summed E-state index contributed by atoms with van der Waals surface area (Å²) in [5.41, 5.74) is 1.99. The van der Waals surface area contributed by atoms with Crippen LogP contribution in [0.2, 0.25) is 5.02 Å². The van der Waals surface area contributed by atoms with Crippen molar-refractivity contribution in [1.82, 2.24) is 14.8 Å². The Bertz CT molecular complexity index is 1310. The molecular formula is C26H28ClFN4O4S. The first kappa shape index (κ1) is 26.8. The van der Waals surface area contributed by atoms with Gasteiger partial charge in [0.25, 0.3) is 0 Å². The van der Waals surface area contributed by atoms with E-state index < -0.39 is 17.8 Å². The first-order valence-corrected chi connectivity index (χ1v) is 13.1. The third-order valence-electron chi connectivity index (χ3n) is 5.90. The second-order valence-corrected chi connectivity index (χ2v) is 9.79. The van der Waals surface area contributed by atoms with Crippen molar-refractivity contribution < 1.29 is 23.4 Å². The average molecular weight is 547 g/mol. The number of thioether (sulfide) groups is 1. The molecule has 0 saturated carbocycles. The largest absolute Gasteiger partial charge is 0.493 e. The monoisotopic (exact) mass is 546 g/mol. The van der Waals surface area contributed by atoms with Crippen molar-refractivity contribution >= 4 is 35.3 Å². The number of esters is 1. The van der Waals surface area contributed by atoms with Gasteiger partial charge in [-0.05, 0) is 43.2 Å². The van der Waals surface area contributed by atoms with E-state index in [0.29, 0.717) is 39.4 Å². The van der Waals surface area contributed by atoms with Gasteiger partial charge < -0.3 is 19.5 Å². The first-order valence-electron chi connectivity index (χ1n) is 11.8. The molecule has 1 unspecified atom stereocenters. The van der Waals surface area contributed by atoms with Gasteiger partial charge >= 0.3 is 5.97 Å². The number of anilines is 1. The quantitative estimate of drug-likeness (QED) is 0.188. The number of benzene rings is 2. The van der Waals surface area contributed by atoms with Crippen LogP contribution in [-0.4, -0.2) is 40.7 Å². The highest BCUT2D eigenvalue weighted by Gasteiger charge is 2.35. The van der Waals surface area contributed by atoms with E-state index in [4.69, 9.17) is 30.9 Å². The molecule has 196 valence electrons. The Balaban J connectivity index is 1.69. The van der Waals surface area contributed by atoms with E-state index in [9.17, 15) is 9.18 Å². The SMILES string of the molecule is CCCCSc1nc2n(n1)C(c1ccc(OCc3c(F)cccc3Cl)c(OC)c1)C(C(=O)OC)=C(C)N2. The minimum Gasteiger partial charge on any atom is -0.493 e. The Morgan fingerprint density at radius 2 is 2.05 bits per heavy atom. The standard InChI is InChI=1S/C26H28ClFN4O4S/c1-5-6-12-37-26-30-25-29-15(2)22(24(33)35-4)23(32(25)31-26)16-10-11-20(21(13-16)34-3)36-14-17-18(27)8-7-9-19(17)28/h7-11,13,23H,5-6,12,14H2,1-4H3,(H,29,30,31). The van der Waals surface area contributed by atoms with E-state index in [-0.39, 0.29) is 17.2 Å². The summed E-state index contributed by atoms with van der Waals surface area (Å²) in [5.74, 6) is 1.30. The number of rotatable bonds is 10. The molecule has 0 fully saturated rings. The second-order valence-electron chi connectivity index (χ2n) is 8.32. The molecule has 1 atom stereocenters. The van der Waals surface area contributed by atoms with E-state index in [1.165, 1.54) is 26.4 Å². The topological polar surface area (TPSA) is 87.5 Å². The third kappa shape index (κ3) is 5.70. The van der Waals surface area contributed by atoms with Crippen molar-refractivity contribution in [1.29, 1.82) is 0 Å². The van der Waals surface area contributed by atoms with Crippen LogP contribution < -0.4 is 14.8 Å². The van der Waals surface area contributed by atoms with Gasteiger partial charge in [-0.2, -0.15) is 4.98 Å². The molecule has 2 heterocycles. The Morgan fingerprint density at radius 1 is 1.24 bits per heavy atom. The van der Waals surface area contributed by atoms with Crippen LogP contribution in [-0.2, 0) is 16.1 Å². The van der Waals surface area contributed by atoms with Crippen LogP contribution in [0.3, 0.4) is 0 Å². The van der Waals surface area contributed by atoms with Gasteiger partial charge in [-0.1, -0.05) is 48.8 Å². The van der Waals surface area contributed by atoms with E-state index in [2.05, 4.69) is 17.2 Å². The van der Waals surface area contributed by atoms with Crippen LogP contribution >= 0.6 is 23.4 Å². The van der Waals surface area contributed by atoms with Gasteiger partial charge in [0.1, 0.15) is 18.5 Å². The van der Waals surface area contributed by atoms with Crippen LogP contribution in [0.25, 0.3) is 0 Å². The normalized spacial score (nSPS) is 14.7. The summed E-state index contributed by atoms with van der Waals surface area (Å²) in [6.07, 6.45) is 2.12. The number of hydrogen-bond donors (Lipinski definition) is 1. The predicted octanol–water partition coefficient (Wildman–Crippen LogP) is 6.01. The maximum Gasteiger partial charge on any atom is 0.338 e. The Kier molecular flexibility index (Phi) is 8.60. The number of allylic oxidation sites excluding steroid dienone is 1. The molecule has 1 aliphatic rings. The van der Waals surface area contributed by atoms with Crippen LogP contribution in [0, 0.1) is 5.82 Å². The molecular weight excluding hydrogens is 519 g/mol. The fourth-order valence-electron chi connectivity index (χ4n) is 3.98. The van der Waals surface area contributed by atoms with Crippen molar-refractivity contribution in [2.45, 2.75) is 44.5 Å². The molecule has 11 heteroatoms. The lowest BCUT2D eigenvalue weighted by Gasteiger charge is -2.28. The molecule has 0 bridgehead atoms. The van der Waals surface area contributed by atoms with E-state index in [0.717, 1.165) is 18.6 Å². The van der Waals surface area contributed by atoms with Crippen LogP contribution in [0.1, 0.15) is 43.9 Å². The second kappa shape index (κ2) is 11.9. The van der Waals surface area contributed by atoms with Crippen molar-refractivity contribution in [3.63, 3.8) is 0 Å². The fourth-order valence-corrected chi connectivity index (χ4v) is 5.11. The van der Waals surface area contributed by atoms with Gasteiger partial charge in [0.2, 0.25) is 11.1 Å². The maximum absolute atomic E-state index is 14.2. The Labute approximate surface area is 224 Å². The molecule has 2 aromatic carbocycles. The first-order chi connectivity index (χ1) is 17.9. The Hall–Kier alpha value is -3.24. The molecule has 0 amide bonds. The number of nitrogens with one attached hydrogen (secondary N) is 1. The smallest absolute Gasteiger partial charge is 0.338 e. The number of carbonyl (C=O) groups excluding carboxylic acids is 1. The zero-order valence-corrected chi connectivity index (χ0v) is 22.6. The number of aromatic nitrogens is 3. The van der Waals surface area contributed by atoms with Crippen LogP contribution in [0.4, 0.5) is 10.3 Å². The average Bonchev–Trinajstić information content (AvgIpc) is 3.29. The van der Waals surface area contributed by atoms with Gasteiger partial charge in [-0.15, -0.1) is 5.10 Å². The maximum atomic E-state index is 14.2.